The van der Waals surface area contributed by atoms with Crippen molar-refractivity contribution < 1.29 is 14.9 Å². The molecule has 2 heterocycles. The zero-order valence-electron chi connectivity index (χ0n) is 26.4. The second-order valence-corrected chi connectivity index (χ2v) is 11.6. The van der Waals surface area contributed by atoms with Gasteiger partial charge < -0.3 is 14.9 Å². The number of hydrogen-bond acceptors (Lipinski definition) is 5. The number of ether oxygens (including phenoxy) is 1. The monoisotopic (exact) mass is 576 g/mol. The molecule has 0 aromatic carbocycles. The Morgan fingerprint density at radius 1 is 0.732 bits per heavy atom. The first kappa shape index (κ1) is 34.5. The Labute approximate surface area is 246 Å². The van der Waals surface area contributed by atoms with E-state index in [1.54, 1.807) is 4.57 Å². The van der Waals surface area contributed by atoms with Gasteiger partial charge in [-0.1, -0.05) is 52.5 Å². The zero-order chi connectivity index (χ0) is 30.5. The standard InChI is InChI=1S/C32H56N4O5/c1-7-31(8-2,19-21-35-27(37)25-33(11-5)29(35)39)17-13-15-23-41-24-16-14-18-32(9-3,10-4)20-22-36-28(38)26-34(12-6)30(36)40/h7,25-26,37-38H,1,8-24H2,2-6H3. The van der Waals surface area contributed by atoms with Crippen LogP contribution >= 0.6 is 0 Å². The van der Waals surface area contributed by atoms with E-state index in [9.17, 15) is 19.8 Å². The maximum Gasteiger partial charge on any atom is 0.331 e. The fraction of sp³-hybridized carbons (Fsp3) is 0.750. The summed E-state index contributed by atoms with van der Waals surface area (Å²) in [6.45, 7) is 18.1. The van der Waals surface area contributed by atoms with E-state index in [-0.39, 0.29) is 34.0 Å². The molecule has 9 heteroatoms. The third kappa shape index (κ3) is 9.15. The predicted octanol–water partition coefficient (Wildman–Crippen LogP) is 6.29. The van der Waals surface area contributed by atoms with E-state index in [0.717, 1.165) is 83.8 Å². The largest absolute Gasteiger partial charge is 0.493 e. The molecule has 41 heavy (non-hydrogen) atoms. The molecule has 0 amide bonds. The van der Waals surface area contributed by atoms with Crippen LogP contribution < -0.4 is 11.4 Å². The molecule has 2 aromatic heterocycles. The van der Waals surface area contributed by atoms with Crippen LogP contribution in [0.4, 0.5) is 0 Å². The Morgan fingerprint density at radius 3 is 1.63 bits per heavy atom. The third-order valence-corrected chi connectivity index (χ3v) is 9.53. The highest BCUT2D eigenvalue weighted by molar-refractivity contribution is 5.06. The van der Waals surface area contributed by atoms with Crippen molar-refractivity contribution in [2.24, 2.45) is 10.8 Å². The van der Waals surface area contributed by atoms with Gasteiger partial charge in [-0.2, -0.15) is 0 Å². The minimum absolute atomic E-state index is 0.0240. The summed E-state index contributed by atoms with van der Waals surface area (Å²) >= 11 is 0. The first-order chi connectivity index (χ1) is 19.6. The summed E-state index contributed by atoms with van der Waals surface area (Å²) in [6, 6.07) is 0. The van der Waals surface area contributed by atoms with Gasteiger partial charge >= 0.3 is 11.4 Å². The van der Waals surface area contributed by atoms with Crippen LogP contribution in [0.1, 0.15) is 105 Å². The summed E-state index contributed by atoms with van der Waals surface area (Å²) in [5, 5.41) is 20.4. The van der Waals surface area contributed by atoms with E-state index in [2.05, 4.69) is 27.4 Å². The molecule has 0 spiro atoms. The first-order valence-corrected chi connectivity index (χ1v) is 15.8. The number of allylic oxidation sites excluding steroid dienone is 1. The lowest BCUT2D eigenvalue weighted by molar-refractivity contribution is 0.116. The Kier molecular flexibility index (Phi) is 14.0. The van der Waals surface area contributed by atoms with Crippen molar-refractivity contribution in [2.75, 3.05) is 13.2 Å². The van der Waals surface area contributed by atoms with Gasteiger partial charge in [-0.05, 0) is 69.6 Å². The van der Waals surface area contributed by atoms with Crippen LogP contribution in [-0.4, -0.2) is 41.7 Å². The van der Waals surface area contributed by atoms with Crippen LogP contribution in [0.25, 0.3) is 0 Å². The van der Waals surface area contributed by atoms with Crippen LogP contribution in [0.15, 0.2) is 34.6 Å². The molecule has 0 aliphatic heterocycles. The van der Waals surface area contributed by atoms with Crippen LogP contribution in [0.2, 0.25) is 0 Å². The van der Waals surface area contributed by atoms with Crippen LogP contribution in [0.5, 0.6) is 11.8 Å². The van der Waals surface area contributed by atoms with Crippen molar-refractivity contribution in [1.29, 1.82) is 0 Å². The number of imidazole rings is 2. The maximum absolute atomic E-state index is 12.5. The van der Waals surface area contributed by atoms with Gasteiger partial charge in [-0.3, -0.25) is 18.3 Å². The van der Waals surface area contributed by atoms with Crippen LogP contribution in [0, 0.1) is 10.8 Å². The fourth-order valence-electron chi connectivity index (χ4n) is 5.99. The maximum atomic E-state index is 12.5. The highest BCUT2D eigenvalue weighted by Gasteiger charge is 2.27. The molecule has 2 rings (SSSR count). The molecule has 9 nitrogen and oxygen atoms in total. The fourth-order valence-corrected chi connectivity index (χ4v) is 5.99. The third-order valence-electron chi connectivity index (χ3n) is 9.53. The molecule has 234 valence electrons. The lowest BCUT2D eigenvalue weighted by atomic mass is 9.75. The van der Waals surface area contributed by atoms with Crippen molar-refractivity contribution >= 4 is 0 Å². The summed E-state index contributed by atoms with van der Waals surface area (Å²) in [5.74, 6) is 0.0768. The Hall–Kier alpha value is -2.68. The van der Waals surface area contributed by atoms with Crippen molar-refractivity contribution in [2.45, 2.75) is 131 Å². The highest BCUT2D eigenvalue weighted by atomic mass is 16.5. The molecule has 2 aromatic rings. The van der Waals surface area contributed by atoms with Crippen molar-refractivity contribution in [1.82, 2.24) is 18.3 Å². The minimum Gasteiger partial charge on any atom is -0.493 e. The number of hydrogen-bond donors (Lipinski definition) is 2. The van der Waals surface area contributed by atoms with Crippen molar-refractivity contribution in [3.63, 3.8) is 0 Å². The molecular formula is C32H56N4O5. The van der Waals surface area contributed by atoms with Gasteiger partial charge in [0.2, 0.25) is 11.8 Å². The molecule has 1 atom stereocenters. The second-order valence-electron chi connectivity index (χ2n) is 11.6. The Balaban J connectivity index is 1.71. The number of rotatable bonds is 22. The van der Waals surface area contributed by atoms with E-state index < -0.39 is 0 Å². The smallest absolute Gasteiger partial charge is 0.331 e. The normalized spacial score (nSPS) is 13.5. The summed E-state index contributed by atoms with van der Waals surface area (Å²) in [6.07, 6.45) is 15.9. The van der Waals surface area contributed by atoms with Gasteiger partial charge in [0.25, 0.3) is 0 Å². The summed E-state index contributed by atoms with van der Waals surface area (Å²) in [5.41, 5.74) is -0.199. The highest BCUT2D eigenvalue weighted by Crippen LogP contribution is 2.37. The average Bonchev–Trinajstić information content (AvgIpc) is 3.43. The molecular weight excluding hydrogens is 520 g/mol. The van der Waals surface area contributed by atoms with E-state index >= 15 is 0 Å². The van der Waals surface area contributed by atoms with Crippen LogP contribution in [0.3, 0.4) is 0 Å². The van der Waals surface area contributed by atoms with E-state index in [1.807, 2.05) is 19.9 Å². The van der Waals surface area contributed by atoms with Crippen molar-refractivity contribution in [3.8, 4) is 11.8 Å². The number of aromatic hydroxyl groups is 2. The van der Waals surface area contributed by atoms with Gasteiger partial charge in [0, 0.05) is 39.4 Å². The molecule has 0 saturated carbocycles. The topological polar surface area (TPSA) is 104 Å². The van der Waals surface area contributed by atoms with Crippen molar-refractivity contribution in [3.05, 3.63) is 46.0 Å². The number of aryl methyl sites for hydroxylation is 2. The van der Waals surface area contributed by atoms with Gasteiger partial charge in [0.1, 0.15) is 0 Å². The minimum atomic E-state index is -0.163. The summed E-state index contributed by atoms with van der Waals surface area (Å²) in [4.78, 5) is 24.9. The van der Waals surface area contributed by atoms with E-state index in [0.29, 0.717) is 26.2 Å². The quantitative estimate of drug-likeness (QED) is 0.127. The Morgan fingerprint density at radius 2 is 1.22 bits per heavy atom. The van der Waals surface area contributed by atoms with Crippen LogP contribution in [-0.2, 0) is 30.9 Å². The molecule has 2 N–H and O–H groups in total. The van der Waals surface area contributed by atoms with E-state index in [1.165, 1.54) is 26.1 Å². The second kappa shape index (κ2) is 16.7. The predicted molar refractivity (Wildman–Crippen MR) is 166 cm³/mol. The molecule has 1 unspecified atom stereocenters. The van der Waals surface area contributed by atoms with E-state index in [4.69, 9.17) is 4.74 Å². The molecule has 0 fully saturated rings. The molecule has 0 aliphatic rings. The Bertz CT molecular complexity index is 1170. The average molecular weight is 577 g/mol. The first-order valence-electron chi connectivity index (χ1n) is 15.8. The number of nitrogens with zero attached hydrogens (tertiary/aromatic N) is 4. The van der Waals surface area contributed by atoms with Gasteiger partial charge in [0.15, 0.2) is 0 Å². The molecule has 0 bridgehead atoms. The number of unbranched alkanes of at least 4 members (excludes halogenated alkanes) is 2. The molecule has 0 saturated heterocycles. The van der Waals surface area contributed by atoms with Gasteiger partial charge in [0.05, 0.1) is 12.4 Å². The molecule has 0 radical (unpaired) electrons. The lowest BCUT2D eigenvalue weighted by Crippen LogP contribution is -2.27. The van der Waals surface area contributed by atoms with Gasteiger partial charge in [-0.15, -0.1) is 6.58 Å². The number of aromatic nitrogens is 4. The lowest BCUT2D eigenvalue weighted by Gasteiger charge is -2.32. The SMILES string of the molecule is C=CC(CC)(CCCCOCCCCC(CC)(CC)CCn1c(O)cn(CC)c1=O)CCn1c(O)cn(CC)c1=O. The summed E-state index contributed by atoms with van der Waals surface area (Å²) in [7, 11) is 0. The zero-order valence-corrected chi connectivity index (χ0v) is 26.4. The summed E-state index contributed by atoms with van der Waals surface area (Å²) < 4.78 is 12.0. The van der Waals surface area contributed by atoms with Gasteiger partial charge in [-0.25, -0.2) is 9.59 Å². The molecule has 0 aliphatic carbocycles.